The molecule has 0 bridgehead atoms. The van der Waals surface area contributed by atoms with Gasteiger partial charge in [-0.2, -0.15) is 0 Å². The van der Waals surface area contributed by atoms with Gasteiger partial charge >= 0.3 is 0 Å². The molecule has 0 aliphatic heterocycles. The van der Waals surface area contributed by atoms with Gasteiger partial charge in [-0.15, -0.1) is 0 Å². The van der Waals surface area contributed by atoms with Crippen molar-refractivity contribution in [2.75, 3.05) is 24.3 Å². The Labute approximate surface area is 112 Å². The predicted octanol–water partition coefficient (Wildman–Crippen LogP) is 3.07. The summed E-state index contributed by atoms with van der Waals surface area (Å²) in [6, 6.07) is 4.99. The van der Waals surface area contributed by atoms with Crippen LogP contribution in [0.3, 0.4) is 0 Å². The number of nitrogen functional groups attached to an aromatic ring is 1. The van der Waals surface area contributed by atoms with Crippen LogP contribution < -0.4 is 11.1 Å². The third kappa shape index (κ3) is 5.38. The van der Waals surface area contributed by atoms with Crippen LogP contribution >= 0.6 is 11.6 Å². The van der Waals surface area contributed by atoms with Crippen LogP contribution in [0.25, 0.3) is 0 Å². The van der Waals surface area contributed by atoms with E-state index in [2.05, 4.69) is 12.2 Å². The van der Waals surface area contributed by atoms with Crippen molar-refractivity contribution in [2.45, 2.75) is 26.2 Å². The lowest BCUT2D eigenvalue weighted by molar-refractivity contribution is -0.117. The van der Waals surface area contributed by atoms with Crippen molar-refractivity contribution in [3.05, 3.63) is 23.2 Å². The molecule has 0 radical (unpaired) electrons. The molecule has 18 heavy (non-hydrogen) atoms. The van der Waals surface area contributed by atoms with Gasteiger partial charge in [-0.25, -0.2) is 0 Å². The Morgan fingerprint density at radius 1 is 1.44 bits per heavy atom. The van der Waals surface area contributed by atoms with E-state index in [9.17, 15) is 4.79 Å². The number of rotatable bonds is 7. The number of benzene rings is 1. The van der Waals surface area contributed by atoms with Crippen LogP contribution in [0.2, 0.25) is 5.02 Å². The second-order valence-corrected chi connectivity index (χ2v) is 4.41. The molecular formula is C13H19ClN2O2. The van der Waals surface area contributed by atoms with E-state index in [1.807, 2.05) is 0 Å². The van der Waals surface area contributed by atoms with Crippen molar-refractivity contribution >= 4 is 28.9 Å². The minimum atomic E-state index is -0.113. The van der Waals surface area contributed by atoms with Crippen LogP contribution in [0.15, 0.2) is 18.2 Å². The van der Waals surface area contributed by atoms with Gasteiger partial charge in [0.25, 0.3) is 0 Å². The highest BCUT2D eigenvalue weighted by Crippen LogP contribution is 2.23. The fourth-order valence-corrected chi connectivity index (χ4v) is 1.59. The summed E-state index contributed by atoms with van der Waals surface area (Å²) in [4.78, 5) is 11.6. The molecule has 0 saturated heterocycles. The number of hydrogen-bond donors (Lipinski definition) is 2. The SMILES string of the molecule is CCCCOCCC(=O)Nc1ccc(N)cc1Cl. The van der Waals surface area contributed by atoms with Crippen LogP contribution in [0.1, 0.15) is 26.2 Å². The number of anilines is 2. The molecule has 3 N–H and O–H groups in total. The average molecular weight is 271 g/mol. The van der Waals surface area contributed by atoms with Crippen LogP contribution in [0.4, 0.5) is 11.4 Å². The molecular weight excluding hydrogens is 252 g/mol. The second kappa shape index (κ2) is 7.95. The van der Waals surface area contributed by atoms with Crippen molar-refractivity contribution in [3.63, 3.8) is 0 Å². The molecule has 0 aliphatic rings. The molecule has 0 unspecified atom stereocenters. The standard InChI is InChI=1S/C13H19ClN2O2/c1-2-3-7-18-8-6-13(17)16-12-5-4-10(15)9-11(12)14/h4-5,9H,2-3,6-8,15H2,1H3,(H,16,17). The first-order valence-electron chi connectivity index (χ1n) is 6.06. The number of hydrogen-bond acceptors (Lipinski definition) is 3. The highest BCUT2D eigenvalue weighted by molar-refractivity contribution is 6.34. The summed E-state index contributed by atoms with van der Waals surface area (Å²) in [6.07, 6.45) is 2.43. The van der Waals surface area contributed by atoms with E-state index in [-0.39, 0.29) is 5.91 Å². The number of halogens is 1. The molecule has 1 aromatic carbocycles. The zero-order chi connectivity index (χ0) is 13.4. The number of nitrogens with one attached hydrogen (secondary N) is 1. The first kappa shape index (κ1) is 14.8. The summed E-state index contributed by atoms with van der Waals surface area (Å²) in [5.74, 6) is -0.113. The van der Waals surface area contributed by atoms with Crippen LogP contribution in [0.5, 0.6) is 0 Å². The Bertz CT molecular complexity index is 397. The van der Waals surface area contributed by atoms with Crippen molar-refractivity contribution in [3.8, 4) is 0 Å². The van der Waals surface area contributed by atoms with E-state index in [1.165, 1.54) is 0 Å². The summed E-state index contributed by atoms with van der Waals surface area (Å²) in [5, 5.41) is 3.16. The van der Waals surface area contributed by atoms with Crippen molar-refractivity contribution < 1.29 is 9.53 Å². The van der Waals surface area contributed by atoms with E-state index in [4.69, 9.17) is 22.1 Å². The molecule has 4 nitrogen and oxygen atoms in total. The van der Waals surface area contributed by atoms with Gasteiger partial charge in [-0.3, -0.25) is 4.79 Å². The fourth-order valence-electron chi connectivity index (χ4n) is 1.36. The average Bonchev–Trinajstić information content (AvgIpc) is 2.32. The van der Waals surface area contributed by atoms with E-state index < -0.39 is 0 Å². The Kier molecular flexibility index (Phi) is 6.54. The van der Waals surface area contributed by atoms with Gasteiger partial charge in [0, 0.05) is 12.3 Å². The molecule has 1 amide bonds. The van der Waals surface area contributed by atoms with Crippen LogP contribution in [-0.2, 0) is 9.53 Å². The largest absolute Gasteiger partial charge is 0.399 e. The Morgan fingerprint density at radius 2 is 2.22 bits per heavy atom. The van der Waals surface area contributed by atoms with Crippen LogP contribution in [-0.4, -0.2) is 19.1 Å². The normalized spacial score (nSPS) is 10.3. The summed E-state index contributed by atoms with van der Waals surface area (Å²) in [7, 11) is 0. The lowest BCUT2D eigenvalue weighted by atomic mass is 10.2. The molecule has 0 atom stereocenters. The van der Waals surface area contributed by atoms with Gasteiger partial charge in [-0.05, 0) is 24.6 Å². The van der Waals surface area contributed by atoms with Gasteiger partial charge in [0.1, 0.15) is 0 Å². The quantitative estimate of drug-likeness (QED) is 0.591. The molecule has 0 saturated carbocycles. The van der Waals surface area contributed by atoms with Crippen molar-refractivity contribution in [1.29, 1.82) is 0 Å². The van der Waals surface area contributed by atoms with Crippen LogP contribution in [0, 0.1) is 0 Å². The fraction of sp³-hybridized carbons (Fsp3) is 0.462. The molecule has 0 aliphatic carbocycles. The smallest absolute Gasteiger partial charge is 0.226 e. The number of ether oxygens (including phenoxy) is 1. The number of nitrogens with two attached hydrogens (primary N) is 1. The number of amides is 1. The molecule has 0 heterocycles. The maximum absolute atomic E-state index is 11.6. The Morgan fingerprint density at radius 3 is 2.89 bits per heavy atom. The Balaban J connectivity index is 2.31. The van der Waals surface area contributed by atoms with Gasteiger partial charge in [-0.1, -0.05) is 24.9 Å². The molecule has 0 fully saturated rings. The van der Waals surface area contributed by atoms with E-state index in [0.29, 0.717) is 36.0 Å². The highest BCUT2D eigenvalue weighted by atomic mass is 35.5. The molecule has 0 spiro atoms. The summed E-state index contributed by atoms with van der Waals surface area (Å²) < 4.78 is 5.32. The Hall–Kier alpha value is -1.26. The first-order valence-corrected chi connectivity index (χ1v) is 6.44. The third-order valence-electron chi connectivity index (χ3n) is 2.38. The number of unbranched alkanes of at least 4 members (excludes halogenated alkanes) is 1. The van der Waals surface area contributed by atoms with E-state index >= 15 is 0 Å². The summed E-state index contributed by atoms with van der Waals surface area (Å²) in [6.45, 7) is 3.23. The zero-order valence-corrected chi connectivity index (χ0v) is 11.3. The zero-order valence-electron chi connectivity index (χ0n) is 10.5. The maximum Gasteiger partial charge on any atom is 0.226 e. The lowest BCUT2D eigenvalue weighted by Crippen LogP contribution is -2.14. The lowest BCUT2D eigenvalue weighted by Gasteiger charge is -2.08. The highest BCUT2D eigenvalue weighted by Gasteiger charge is 2.05. The maximum atomic E-state index is 11.6. The second-order valence-electron chi connectivity index (χ2n) is 4.00. The predicted molar refractivity (Wildman–Crippen MR) is 74.8 cm³/mol. The number of carbonyl (C=O) groups is 1. The molecule has 100 valence electrons. The minimum absolute atomic E-state index is 0.113. The van der Waals surface area contributed by atoms with E-state index in [0.717, 1.165) is 12.8 Å². The molecule has 1 rings (SSSR count). The van der Waals surface area contributed by atoms with Crippen molar-refractivity contribution in [2.24, 2.45) is 0 Å². The van der Waals surface area contributed by atoms with Gasteiger partial charge in [0.15, 0.2) is 0 Å². The van der Waals surface area contributed by atoms with Gasteiger partial charge in [0.05, 0.1) is 23.7 Å². The van der Waals surface area contributed by atoms with Crippen molar-refractivity contribution in [1.82, 2.24) is 0 Å². The molecule has 0 aromatic heterocycles. The summed E-state index contributed by atoms with van der Waals surface area (Å²) in [5.41, 5.74) is 6.71. The number of carbonyl (C=O) groups excluding carboxylic acids is 1. The molecule has 5 heteroatoms. The summed E-state index contributed by atoms with van der Waals surface area (Å²) >= 11 is 5.95. The molecule has 1 aromatic rings. The van der Waals surface area contributed by atoms with E-state index in [1.54, 1.807) is 18.2 Å². The van der Waals surface area contributed by atoms with Gasteiger partial charge < -0.3 is 15.8 Å². The third-order valence-corrected chi connectivity index (χ3v) is 2.70. The minimum Gasteiger partial charge on any atom is -0.399 e. The topological polar surface area (TPSA) is 64.3 Å². The monoisotopic (exact) mass is 270 g/mol. The first-order chi connectivity index (χ1) is 8.63. The van der Waals surface area contributed by atoms with Gasteiger partial charge in [0.2, 0.25) is 5.91 Å².